The van der Waals surface area contributed by atoms with Crippen LogP contribution in [0.4, 0.5) is 0 Å². The van der Waals surface area contributed by atoms with Crippen LogP contribution in [0.2, 0.25) is 0 Å². The van der Waals surface area contributed by atoms with E-state index in [0.717, 1.165) is 16.9 Å². The van der Waals surface area contributed by atoms with Crippen molar-refractivity contribution in [1.82, 2.24) is 4.98 Å². The molecule has 2 rings (SSSR count). The molecule has 0 spiro atoms. The Hall–Kier alpha value is -2.09. The summed E-state index contributed by atoms with van der Waals surface area (Å²) in [6, 6.07) is 9.97. The lowest BCUT2D eigenvalue weighted by Crippen LogP contribution is -1.76. The molecule has 2 aromatic rings. The summed E-state index contributed by atoms with van der Waals surface area (Å²) in [4.78, 5) is 4.28. The number of hydrogen-bond acceptors (Lipinski definition) is 2. The standard InChI is InChI=1S/C15H15NO/c1-3-4-8-12(2)15-16-11-14(17-15)13-9-6-5-7-10-13/h3-11H,1-2H3/b4-3-,12-8+. The Bertz CT molecular complexity index is 535. The minimum absolute atomic E-state index is 0.668. The fourth-order valence-electron chi connectivity index (χ4n) is 1.50. The summed E-state index contributed by atoms with van der Waals surface area (Å²) in [5.74, 6) is 1.47. The Kier molecular flexibility index (Phi) is 3.55. The molecule has 0 fully saturated rings. The van der Waals surface area contributed by atoms with Gasteiger partial charge >= 0.3 is 0 Å². The quantitative estimate of drug-likeness (QED) is 0.727. The molecule has 2 heteroatoms. The van der Waals surface area contributed by atoms with Crippen LogP contribution >= 0.6 is 0 Å². The Balaban J connectivity index is 2.28. The maximum atomic E-state index is 5.72. The predicted molar refractivity (Wildman–Crippen MR) is 70.4 cm³/mol. The molecule has 1 aromatic heterocycles. The largest absolute Gasteiger partial charge is 0.437 e. The van der Waals surface area contributed by atoms with Gasteiger partial charge in [0.1, 0.15) is 0 Å². The van der Waals surface area contributed by atoms with Gasteiger partial charge in [0, 0.05) is 11.1 Å². The van der Waals surface area contributed by atoms with E-state index in [2.05, 4.69) is 4.98 Å². The number of allylic oxidation sites excluding steroid dienone is 4. The van der Waals surface area contributed by atoms with Crippen molar-refractivity contribution in [2.45, 2.75) is 13.8 Å². The molecule has 0 bridgehead atoms. The first-order valence-corrected chi connectivity index (χ1v) is 5.62. The third kappa shape index (κ3) is 2.72. The number of benzene rings is 1. The van der Waals surface area contributed by atoms with Gasteiger partial charge in [-0.25, -0.2) is 4.98 Å². The maximum absolute atomic E-state index is 5.72. The maximum Gasteiger partial charge on any atom is 0.222 e. The fraction of sp³-hybridized carbons (Fsp3) is 0.133. The van der Waals surface area contributed by atoms with Crippen LogP contribution in [0.25, 0.3) is 16.9 Å². The second kappa shape index (κ2) is 5.30. The van der Waals surface area contributed by atoms with E-state index in [0.29, 0.717) is 5.89 Å². The Morgan fingerprint density at radius 3 is 2.71 bits per heavy atom. The second-order valence-corrected chi connectivity index (χ2v) is 3.77. The first-order valence-electron chi connectivity index (χ1n) is 5.62. The summed E-state index contributed by atoms with van der Waals surface area (Å²) >= 11 is 0. The van der Waals surface area contributed by atoms with Gasteiger partial charge in [-0.05, 0) is 13.8 Å². The number of aromatic nitrogens is 1. The number of hydrogen-bond donors (Lipinski definition) is 0. The average molecular weight is 225 g/mol. The summed E-state index contributed by atoms with van der Waals surface area (Å²) in [7, 11) is 0. The highest BCUT2D eigenvalue weighted by atomic mass is 16.4. The molecule has 0 aliphatic carbocycles. The second-order valence-electron chi connectivity index (χ2n) is 3.77. The van der Waals surface area contributed by atoms with E-state index in [1.807, 2.05) is 62.4 Å². The van der Waals surface area contributed by atoms with Crippen LogP contribution in [-0.2, 0) is 0 Å². The molecule has 86 valence electrons. The summed E-state index contributed by atoms with van der Waals surface area (Å²) in [5, 5.41) is 0. The molecule has 0 aliphatic heterocycles. The summed E-state index contributed by atoms with van der Waals surface area (Å²) in [6.07, 6.45) is 7.70. The van der Waals surface area contributed by atoms with Crippen LogP contribution in [0.1, 0.15) is 19.7 Å². The molecular weight excluding hydrogens is 210 g/mol. The van der Waals surface area contributed by atoms with E-state index < -0.39 is 0 Å². The molecule has 0 atom stereocenters. The van der Waals surface area contributed by atoms with E-state index in [1.165, 1.54) is 0 Å². The van der Waals surface area contributed by atoms with Gasteiger partial charge < -0.3 is 4.42 Å². The Labute approximate surface area is 101 Å². The van der Waals surface area contributed by atoms with Crippen molar-refractivity contribution in [1.29, 1.82) is 0 Å². The zero-order valence-electron chi connectivity index (χ0n) is 10.1. The van der Waals surface area contributed by atoms with Gasteiger partial charge in [-0.2, -0.15) is 0 Å². The minimum Gasteiger partial charge on any atom is -0.437 e. The molecule has 0 saturated heterocycles. The number of nitrogens with zero attached hydrogens (tertiary/aromatic N) is 1. The van der Waals surface area contributed by atoms with Crippen LogP contribution in [0.15, 0.2) is 59.2 Å². The lowest BCUT2D eigenvalue weighted by molar-refractivity contribution is 0.555. The molecule has 17 heavy (non-hydrogen) atoms. The van der Waals surface area contributed by atoms with Crippen molar-refractivity contribution in [3.05, 3.63) is 60.6 Å². The SMILES string of the molecule is C/C=C\C=C(/C)c1ncc(-c2ccccc2)o1. The van der Waals surface area contributed by atoms with Crippen molar-refractivity contribution in [3.63, 3.8) is 0 Å². The molecule has 1 heterocycles. The predicted octanol–water partition coefficient (Wildman–Crippen LogP) is 4.32. The molecular formula is C15H15NO. The molecule has 0 aliphatic rings. The highest BCUT2D eigenvalue weighted by Crippen LogP contribution is 2.22. The average Bonchev–Trinajstić information content (AvgIpc) is 2.86. The molecule has 2 nitrogen and oxygen atoms in total. The fourth-order valence-corrected chi connectivity index (χ4v) is 1.50. The number of rotatable bonds is 3. The third-order valence-corrected chi connectivity index (χ3v) is 2.44. The first-order chi connectivity index (χ1) is 8.31. The van der Waals surface area contributed by atoms with Gasteiger partial charge in [0.15, 0.2) is 5.76 Å². The monoisotopic (exact) mass is 225 g/mol. The van der Waals surface area contributed by atoms with Gasteiger partial charge in [0.05, 0.1) is 6.20 Å². The van der Waals surface area contributed by atoms with E-state index in [4.69, 9.17) is 4.42 Å². The van der Waals surface area contributed by atoms with E-state index in [9.17, 15) is 0 Å². The van der Waals surface area contributed by atoms with Crippen molar-refractivity contribution in [2.75, 3.05) is 0 Å². The minimum atomic E-state index is 0.668. The molecule has 0 N–H and O–H groups in total. The highest BCUT2D eigenvalue weighted by molar-refractivity contribution is 5.62. The molecule has 0 amide bonds. The van der Waals surface area contributed by atoms with Crippen LogP contribution in [0.3, 0.4) is 0 Å². The van der Waals surface area contributed by atoms with Gasteiger partial charge in [0.25, 0.3) is 0 Å². The highest BCUT2D eigenvalue weighted by Gasteiger charge is 2.06. The first kappa shape index (κ1) is 11.4. The Morgan fingerprint density at radius 2 is 2.00 bits per heavy atom. The van der Waals surface area contributed by atoms with Gasteiger partial charge in [0.2, 0.25) is 5.89 Å². The van der Waals surface area contributed by atoms with Gasteiger partial charge in [-0.3, -0.25) is 0 Å². The number of oxazole rings is 1. The van der Waals surface area contributed by atoms with Crippen molar-refractivity contribution < 1.29 is 4.42 Å². The summed E-state index contributed by atoms with van der Waals surface area (Å²) in [6.45, 7) is 3.97. The lowest BCUT2D eigenvalue weighted by Gasteiger charge is -1.95. The topological polar surface area (TPSA) is 26.0 Å². The molecule has 0 saturated carbocycles. The lowest BCUT2D eigenvalue weighted by atomic mass is 10.2. The van der Waals surface area contributed by atoms with Gasteiger partial charge in [-0.1, -0.05) is 48.6 Å². The summed E-state index contributed by atoms with van der Waals surface area (Å²) < 4.78 is 5.72. The molecule has 0 radical (unpaired) electrons. The normalized spacial score (nSPS) is 12.2. The van der Waals surface area contributed by atoms with Gasteiger partial charge in [-0.15, -0.1) is 0 Å². The smallest absolute Gasteiger partial charge is 0.222 e. The third-order valence-electron chi connectivity index (χ3n) is 2.44. The Morgan fingerprint density at radius 1 is 1.24 bits per heavy atom. The van der Waals surface area contributed by atoms with Crippen molar-refractivity contribution >= 4 is 5.57 Å². The van der Waals surface area contributed by atoms with Crippen LogP contribution in [-0.4, -0.2) is 4.98 Å². The van der Waals surface area contributed by atoms with Crippen LogP contribution < -0.4 is 0 Å². The molecule has 1 aromatic carbocycles. The van der Waals surface area contributed by atoms with E-state index in [1.54, 1.807) is 6.20 Å². The zero-order valence-corrected chi connectivity index (χ0v) is 10.1. The summed E-state index contributed by atoms with van der Waals surface area (Å²) in [5.41, 5.74) is 2.07. The van der Waals surface area contributed by atoms with Crippen LogP contribution in [0.5, 0.6) is 0 Å². The van der Waals surface area contributed by atoms with Crippen molar-refractivity contribution in [2.24, 2.45) is 0 Å². The van der Waals surface area contributed by atoms with E-state index in [-0.39, 0.29) is 0 Å². The van der Waals surface area contributed by atoms with Crippen LogP contribution in [0, 0.1) is 0 Å². The zero-order chi connectivity index (χ0) is 12.1. The van der Waals surface area contributed by atoms with Crippen molar-refractivity contribution in [3.8, 4) is 11.3 Å². The van der Waals surface area contributed by atoms with E-state index >= 15 is 0 Å². The molecule has 0 unspecified atom stereocenters.